The number of aromatic amines is 1. The molecule has 0 aliphatic carbocycles. The SMILES string of the molecule is CCOC(=O)c1cc2c(=O)[nH]cnc2cc1OC(C)=O. The van der Waals surface area contributed by atoms with Crippen LogP contribution in [-0.2, 0) is 9.53 Å². The molecular weight excluding hydrogens is 264 g/mol. The quantitative estimate of drug-likeness (QED) is 0.664. The summed E-state index contributed by atoms with van der Waals surface area (Å²) in [6, 6.07) is 2.66. The van der Waals surface area contributed by atoms with Crippen LogP contribution in [0.3, 0.4) is 0 Å². The summed E-state index contributed by atoms with van der Waals surface area (Å²) in [5.74, 6) is -1.24. The van der Waals surface area contributed by atoms with Crippen molar-refractivity contribution in [3.63, 3.8) is 0 Å². The van der Waals surface area contributed by atoms with Crippen LogP contribution in [-0.4, -0.2) is 28.5 Å². The van der Waals surface area contributed by atoms with Gasteiger partial charge in [0.05, 0.1) is 23.8 Å². The van der Waals surface area contributed by atoms with E-state index in [0.717, 1.165) is 0 Å². The molecule has 1 aromatic heterocycles. The Labute approximate surface area is 113 Å². The number of hydrogen-bond acceptors (Lipinski definition) is 6. The fourth-order valence-electron chi connectivity index (χ4n) is 1.70. The number of H-pyrrole nitrogens is 1. The van der Waals surface area contributed by atoms with Gasteiger partial charge in [-0.2, -0.15) is 0 Å². The van der Waals surface area contributed by atoms with Gasteiger partial charge in [-0.25, -0.2) is 9.78 Å². The normalized spacial score (nSPS) is 10.3. The zero-order valence-electron chi connectivity index (χ0n) is 10.9. The minimum atomic E-state index is -0.672. The lowest BCUT2D eigenvalue weighted by Gasteiger charge is -2.09. The Balaban J connectivity index is 2.67. The Bertz CT molecular complexity index is 735. The average molecular weight is 276 g/mol. The van der Waals surface area contributed by atoms with Gasteiger partial charge in [0.1, 0.15) is 11.3 Å². The largest absolute Gasteiger partial charge is 0.462 e. The minimum Gasteiger partial charge on any atom is -0.462 e. The number of nitrogens with zero attached hydrogens (tertiary/aromatic N) is 1. The number of hydrogen-bond donors (Lipinski definition) is 1. The van der Waals surface area contributed by atoms with Gasteiger partial charge in [-0.05, 0) is 13.0 Å². The molecule has 20 heavy (non-hydrogen) atoms. The summed E-state index contributed by atoms with van der Waals surface area (Å²) >= 11 is 0. The fraction of sp³-hybridized carbons (Fsp3) is 0.231. The van der Waals surface area contributed by atoms with Crippen LogP contribution in [0.5, 0.6) is 5.75 Å². The van der Waals surface area contributed by atoms with Crippen LogP contribution >= 0.6 is 0 Å². The summed E-state index contributed by atoms with van der Waals surface area (Å²) in [5, 5.41) is 0.214. The molecule has 0 spiro atoms. The van der Waals surface area contributed by atoms with Crippen molar-refractivity contribution in [1.29, 1.82) is 0 Å². The molecule has 0 saturated carbocycles. The number of rotatable bonds is 3. The second-order valence-corrected chi connectivity index (χ2v) is 3.91. The van der Waals surface area contributed by atoms with Crippen molar-refractivity contribution in [1.82, 2.24) is 9.97 Å². The number of ether oxygens (including phenoxy) is 2. The molecule has 0 fully saturated rings. The number of carbonyl (C=O) groups excluding carboxylic acids is 2. The Morgan fingerprint density at radius 3 is 2.75 bits per heavy atom. The fourth-order valence-corrected chi connectivity index (χ4v) is 1.70. The molecule has 0 atom stereocenters. The molecule has 0 saturated heterocycles. The van der Waals surface area contributed by atoms with Crippen LogP contribution in [0.25, 0.3) is 10.9 Å². The molecular formula is C13H12N2O5. The lowest BCUT2D eigenvalue weighted by molar-refractivity contribution is -0.131. The molecule has 7 nitrogen and oxygen atoms in total. The number of nitrogens with one attached hydrogen (secondary N) is 1. The summed E-state index contributed by atoms with van der Waals surface area (Å²) in [6.45, 7) is 3.03. The summed E-state index contributed by atoms with van der Waals surface area (Å²) < 4.78 is 9.84. The van der Waals surface area contributed by atoms with Gasteiger partial charge in [-0.1, -0.05) is 0 Å². The van der Waals surface area contributed by atoms with Gasteiger partial charge in [-0.3, -0.25) is 9.59 Å². The molecule has 104 valence electrons. The predicted octanol–water partition coefficient (Wildman–Crippen LogP) is 1.03. The Morgan fingerprint density at radius 1 is 1.35 bits per heavy atom. The van der Waals surface area contributed by atoms with Crippen molar-refractivity contribution in [3.8, 4) is 5.75 Å². The molecule has 0 amide bonds. The van der Waals surface area contributed by atoms with Crippen molar-refractivity contribution in [2.24, 2.45) is 0 Å². The topological polar surface area (TPSA) is 98.4 Å². The summed E-state index contributed by atoms with van der Waals surface area (Å²) in [6.07, 6.45) is 1.23. The minimum absolute atomic E-state index is 0.00745. The molecule has 0 aliphatic heterocycles. The first kappa shape index (κ1) is 13.7. The van der Waals surface area contributed by atoms with E-state index in [2.05, 4.69) is 9.97 Å². The zero-order valence-corrected chi connectivity index (χ0v) is 10.9. The van der Waals surface area contributed by atoms with E-state index in [1.54, 1.807) is 6.92 Å². The van der Waals surface area contributed by atoms with Gasteiger partial charge in [0, 0.05) is 13.0 Å². The second kappa shape index (κ2) is 5.52. The van der Waals surface area contributed by atoms with Crippen LogP contribution in [0.4, 0.5) is 0 Å². The Hall–Kier alpha value is -2.70. The lowest BCUT2D eigenvalue weighted by atomic mass is 10.1. The van der Waals surface area contributed by atoms with Crippen LogP contribution in [0.15, 0.2) is 23.3 Å². The van der Waals surface area contributed by atoms with Crippen LogP contribution < -0.4 is 10.3 Å². The van der Waals surface area contributed by atoms with Gasteiger partial charge >= 0.3 is 11.9 Å². The maximum absolute atomic E-state index is 11.9. The second-order valence-electron chi connectivity index (χ2n) is 3.91. The third-order valence-electron chi connectivity index (χ3n) is 2.49. The number of esters is 2. The number of fused-ring (bicyclic) bond motifs is 1. The highest BCUT2D eigenvalue weighted by Gasteiger charge is 2.18. The van der Waals surface area contributed by atoms with Gasteiger partial charge < -0.3 is 14.5 Å². The Morgan fingerprint density at radius 2 is 2.10 bits per heavy atom. The molecule has 0 unspecified atom stereocenters. The third-order valence-corrected chi connectivity index (χ3v) is 2.49. The van der Waals surface area contributed by atoms with Crippen molar-refractivity contribution in [2.75, 3.05) is 6.61 Å². The first-order chi connectivity index (χ1) is 9.52. The first-order valence-electron chi connectivity index (χ1n) is 5.90. The van der Waals surface area contributed by atoms with E-state index in [1.807, 2.05) is 0 Å². The summed E-state index contributed by atoms with van der Waals surface area (Å²) in [5.41, 5.74) is -0.0685. The van der Waals surface area contributed by atoms with Gasteiger partial charge in [-0.15, -0.1) is 0 Å². The monoisotopic (exact) mass is 276 g/mol. The number of aromatic nitrogens is 2. The van der Waals surface area contributed by atoms with Crippen molar-refractivity contribution in [2.45, 2.75) is 13.8 Å². The van der Waals surface area contributed by atoms with Gasteiger partial charge in [0.2, 0.25) is 0 Å². The van der Waals surface area contributed by atoms with Gasteiger partial charge in [0.25, 0.3) is 5.56 Å². The highest BCUT2D eigenvalue weighted by atomic mass is 16.5. The maximum atomic E-state index is 11.9. The van der Waals surface area contributed by atoms with Crippen LogP contribution in [0.1, 0.15) is 24.2 Å². The smallest absolute Gasteiger partial charge is 0.341 e. The highest BCUT2D eigenvalue weighted by molar-refractivity contribution is 5.98. The van der Waals surface area contributed by atoms with Crippen molar-refractivity contribution >= 4 is 22.8 Å². The van der Waals surface area contributed by atoms with E-state index < -0.39 is 17.5 Å². The van der Waals surface area contributed by atoms with E-state index >= 15 is 0 Å². The molecule has 2 aromatic rings. The van der Waals surface area contributed by atoms with Crippen LogP contribution in [0, 0.1) is 0 Å². The highest BCUT2D eigenvalue weighted by Crippen LogP contribution is 2.24. The average Bonchev–Trinajstić information content (AvgIpc) is 2.38. The first-order valence-corrected chi connectivity index (χ1v) is 5.90. The van der Waals surface area contributed by atoms with E-state index in [9.17, 15) is 14.4 Å². The molecule has 0 bridgehead atoms. The van der Waals surface area contributed by atoms with Crippen molar-refractivity contribution in [3.05, 3.63) is 34.4 Å². The van der Waals surface area contributed by atoms with Crippen LogP contribution in [0.2, 0.25) is 0 Å². The molecule has 1 N–H and O–H groups in total. The van der Waals surface area contributed by atoms with E-state index in [-0.39, 0.29) is 23.3 Å². The summed E-state index contributed by atoms with van der Waals surface area (Å²) in [7, 11) is 0. The number of benzene rings is 1. The van der Waals surface area contributed by atoms with E-state index in [4.69, 9.17) is 9.47 Å². The number of carbonyl (C=O) groups is 2. The molecule has 0 radical (unpaired) electrons. The third kappa shape index (κ3) is 2.66. The van der Waals surface area contributed by atoms with E-state index in [0.29, 0.717) is 5.52 Å². The lowest BCUT2D eigenvalue weighted by Crippen LogP contribution is -2.13. The maximum Gasteiger partial charge on any atom is 0.341 e. The molecule has 1 heterocycles. The summed E-state index contributed by atoms with van der Waals surface area (Å²) in [4.78, 5) is 41.0. The predicted molar refractivity (Wildman–Crippen MR) is 69.6 cm³/mol. The van der Waals surface area contributed by atoms with Crippen molar-refractivity contribution < 1.29 is 19.1 Å². The van der Waals surface area contributed by atoms with E-state index in [1.165, 1.54) is 25.4 Å². The zero-order chi connectivity index (χ0) is 14.7. The molecule has 0 aliphatic rings. The molecule has 7 heteroatoms. The van der Waals surface area contributed by atoms with Gasteiger partial charge in [0.15, 0.2) is 0 Å². The Kier molecular flexibility index (Phi) is 3.79. The standard InChI is InChI=1S/C13H12N2O5/c1-3-19-13(18)9-4-8-10(14-6-15-12(8)17)5-11(9)20-7(2)16/h4-6H,3H2,1-2H3,(H,14,15,17). The molecule has 2 rings (SSSR count). The molecule has 1 aromatic carbocycles.